The molecule has 0 aromatic carbocycles. The largest absolute Gasteiger partial charge is 0.796 e. The third-order valence-electron chi connectivity index (χ3n) is 7.85. The van der Waals surface area contributed by atoms with Gasteiger partial charge in [-0.1, -0.05) is 149 Å². The Morgan fingerprint density at radius 2 is 0.800 bits per heavy atom. The van der Waals surface area contributed by atoms with Crippen molar-refractivity contribution in [3.8, 4) is 0 Å². The predicted octanol–water partition coefficient (Wildman–Crippen LogP) is 9.89. The van der Waals surface area contributed by atoms with Crippen LogP contribution in [-0.4, -0.2) is 59.0 Å². The summed E-state index contributed by atoms with van der Waals surface area (Å²) in [5.41, 5.74) is 0. The zero-order chi connectivity index (χ0) is 29.2. The molecule has 0 bridgehead atoms. The first-order chi connectivity index (χ1) is 19.1. The van der Waals surface area contributed by atoms with Crippen LogP contribution in [0.15, 0.2) is 0 Å². The molecule has 0 amide bonds. The molecule has 0 aliphatic carbocycles. The second-order valence-corrected chi connectivity index (χ2v) is 12.2. The molecule has 0 aromatic heterocycles. The summed E-state index contributed by atoms with van der Waals surface area (Å²) in [5.74, 6) is 0.913. The van der Waals surface area contributed by atoms with Gasteiger partial charge in [-0.25, -0.2) is 0 Å². The van der Waals surface area contributed by atoms with Gasteiger partial charge in [0, 0.05) is 33.5 Å². The zero-order valence-corrected chi connectivity index (χ0v) is 30.4. The van der Waals surface area contributed by atoms with E-state index in [4.69, 9.17) is 0 Å². The van der Waals surface area contributed by atoms with Crippen LogP contribution >= 0.6 is 12.6 Å². The second-order valence-electron chi connectivity index (χ2n) is 11.8. The van der Waals surface area contributed by atoms with Crippen LogP contribution in [0, 0.1) is 0 Å². The van der Waals surface area contributed by atoms with E-state index in [1.165, 1.54) is 122 Å². The van der Waals surface area contributed by atoms with Crippen LogP contribution in [0.2, 0.25) is 0 Å². The van der Waals surface area contributed by atoms with Crippen molar-refractivity contribution in [2.45, 2.75) is 187 Å². The number of aliphatic hydroxyl groups is 2. The molecule has 248 valence electrons. The van der Waals surface area contributed by atoms with E-state index in [-0.39, 0.29) is 32.6 Å². The molecule has 0 spiro atoms. The number of nitrogens with zero attached hydrogens (tertiary/aromatic N) is 1. The van der Waals surface area contributed by atoms with E-state index in [0.717, 1.165) is 50.8 Å². The van der Waals surface area contributed by atoms with E-state index < -0.39 is 0 Å². The second kappa shape index (κ2) is 40.2. The summed E-state index contributed by atoms with van der Waals surface area (Å²) in [4.78, 5) is 2.31. The number of hydrogen-bond acceptors (Lipinski definition) is 5. The smallest absolute Gasteiger partial charge is 0.0667 e. The number of unbranched alkanes of at least 4 members (excludes halogenated alkanes) is 20. The Balaban J connectivity index is -0.00000445. The Labute approximate surface area is 277 Å². The number of rotatable bonds is 31. The van der Waals surface area contributed by atoms with Gasteiger partial charge in [0.25, 0.3) is 0 Å². The van der Waals surface area contributed by atoms with E-state index in [1.54, 1.807) is 6.26 Å². The van der Waals surface area contributed by atoms with E-state index >= 15 is 0 Å². The molecule has 0 saturated heterocycles. The molecule has 0 radical (unpaired) electrons. The molecule has 0 rings (SSSR count). The average molecular weight is 698 g/mol. The molecule has 0 heterocycles. The first kappa shape index (κ1) is 45.7. The third-order valence-corrected chi connectivity index (χ3v) is 8.17. The number of hydrogen-bond donors (Lipinski definition) is 3. The normalized spacial score (nSPS) is 12.6. The van der Waals surface area contributed by atoms with Crippen LogP contribution in [-0.2, 0) is 33.1 Å². The van der Waals surface area contributed by atoms with Gasteiger partial charge in [0.2, 0.25) is 0 Å². The van der Waals surface area contributed by atoms with Crippen molar-refractivity contribution >= 4 is 25.3 Å². The molecule has 0 aromatic rings. The first-order valence-corrected chi connectivity index (χ1v) is 18.7. The molecule has 0 aliphatic heterocycles. The van der Waals surface area contributed by atoms with Gasteiger partial charge >= 0.3 is 0 Å². The van der Waals surface area contributed by atoms with Crippen molar-refractivity contribution < 1.29 is 30.6 Å². The Bertz CT molecular complexity index is 435. The van der Waals surface area contributed by atoms with Crippen LogP contribution < -0.4 is 0 Å². The van der Waals surface area contributed by atoms with Crippen molar-refractivity contribution in [2.75, 3.05) is 31.6 Å². The molecule has 6 heteroatoms. The SMILES string of the molecule is CCCCCCCCCCCCCC(O)CN(CCCCS)CC(O)CCCCCCCCCCCC.C[S-].[Pd]. The van der Waals surface area contributed by atoms with Gasteiger partial charge in [0.15, 0.2) is 0 Å². The molecule has 2 atom stereocenters. The summed E-state index contributed by atoms with van der Waals surface area (Å²) in [7, 11) is 0. The summed E-state index contributed by atoms with van der Waals surface area (Å²) in [5, 5.41) is 21.3. The van der Waals surface area contributed by atoms with Crippen molar-refractivity contribution in [2.24, 2.45) is 0 Å². The van der Waals surface area contributed by atoms with Gasteiger partial charge in [-0.05, 0) is 38.0 Å². The molecular weight excluding hydrogens is 625 g/mol. The Hall–Kier alpha value is 1.24. The summed E-state index contributed by atoms with van der Waals surface area (Å²) in [6.07, 6.45) is 33.1. The molecule has 2 N–H and O–H groups in total. The molecule has 40 heavy (non-hydrogen) atoms. The maximum atomic E-state index is 10.7. The first-order valence-electron chi connectivity index (χ1n) is 17.2. The molecule has 3 nitrogen and oxygen atoms in total. The molecular formula is C34H72NO2PdS2-. The fourth-order valence-electron chi connectivity index (χ4n) is 5.39. The van der Waals surface area contributed by atoms with Crippen molar-refractivity contribution in [1.82, 2.24) is 4.90 Å². The van der Waals surface area contributed by atoms with Gasteiger partial charge < -0.3 is 22.8 Å². The van der Waals surface area contributed by atoms with Crippen LogP contribution in [0.4, 0.5) is 0 Å². The fraction of sp³-hybridized carbons (Fsp3) is 1.00. The van der Waals surface area contributed by atoms with Gasteiger partial charge in [-0.2, -0.15) is 18.9 Å². The monoisotopic (exact) mass is 696 g/mol. The van der Waals surface area contributed by atoms with Crippen LogP contribution in [0.1, 0.15) is 174 Å². The van der Waals surface area contributed by atoms with E-state index in [2.05, 4.69) is 44.0 Å². The summed E-state index contributed by atoms with van der Waals surface area (Å²) >= 11 is 8.44. The zero-order valence-electron chi connectivity index (χ0n) is 27.2. The molecule has 2 unspecified atom stereocenters. The molecule has 0 aliphatic rings. The Morgan fingerprint density at radius 1 is 0.500 bits per heavy atom. The van der Waals surface area contributed by atoms with Gasteiger partial charge in [0.1, 0.15) is 0 Å². The minimum atomic E-state index is -0.265. The topological polar surface area (TPSA) is 43.7 Å². The van der Waals surface area contributed by atoms with E-state index in [9.17, 15) is 10.2 Å². The predicted molar refractivity (Wildman–Crippen MR) is 182 cm³/mol. The minimum absolute atomic E-state index is 0. The number of thiol groups is 1. The average Bonchev–Trinajstić information content (AvgIpc) is 2.94. The summed E-state index contributed by atoms with van der Waals surface area (Å²) in [6.45, 7) is 6.93. The minimum Gasteiger partial charge on any atom is -0.796 e. The van der Waals surface area contributed by atoms with Crippen molar-refractivity contribution in [1.29, 1.82) is 0 Å². The van der Waals surface area contributed by atoms with Crippen molar-refractivity contribution in [3.05, 3.63) is 0 Å². The fourth-order valence-corrected chi connectivity index (χ4v) is 5.62. The van der Waals surface area contributed by atoms with Crippen molar-refractivity contribution in [3.63, 3.8) is 0 Å². The van der Waals surface area contributed by atoms with Crippen LogP contribution in [0.25, 0.3) is 0 Å². The van der Waals surface area contributed by atoms with E-state index in [0.29, 0.717) is 13.1 Å². The van der Waals surface area contributed by atoms with Gasteiger partial charge in [-0.3, -0.25) is 4.90 Å². The van der Waals surface area contributed by atoms with Gasteiger partial charge in [0.05, 0.1) is 12.2 Å². The number of aliphatic hydroxyl groups excluding tert-OH is 2. The summed E-state index contributed by atoms with van der Waals surface area (Å²) < 4.78 is 0. The van der Waals surface area contributed by atoms with Gasteiger partial charge in [-0.15, -0.1) is 0 Å². The quantitative estimate of drug-likeness (QED) is 0.0292. The summed E-state index contributed by atoms with van der Waals surface area (Å²) in [6, 6.07) is 0. The Morgan fingerprint density at radius 3 is 1.10 bits per heavy atom. The van der Waals surface area contributed by atoms with Crippen LogP contribution in [0.5, 0.6) is 0 Å². The van der Waals surface area contributed by atoms with E-state index in [1.807, 2.05) is 0 Å². The Kier molecular flexibility index (Phi) is 45.9. The maximum Gasteiger partial charge on any atom is 0.0667 e. The van der Waals surface area contributed by atoms with Crippen LogP contribution in [0.3, 0.4) is 0 Å². The maximum absolute atomic E-state index is 10.7. The third kappa shape index (κ3) is 37.3. The molecule has 0 saturated carbocycles. The standard InChI is InChI=1S/C33H69NO2S.CH4S.Pd/c1-3-5-7-9-11-13-15-17-19-21-23-27-33(36)31-34(28-24-25-29-37)30-32(35)26-22-20-18-16-14-12-10-8-6-4-2;1-2;/h32-33,35-37H,3-31H2,1-2H3;2H,1H3;/p-1. The molecule has 0 fully saturated rings.